The molecule has 0 bridgehead atoms. The summed E-state index contributed by atoms with van der Waals surface area (Å²) in [7, 11) is 1.83. The van der Waals surface area contributed by atoms with Gasteiger partial charge in [0.2, 0.25) is 0 Å². The van der Waals surface area contributed by atoms with E-state index in [4.69, 9.17) is 0 Å². The Hall–Kier alpha value is -2.55. The number of nitrogens with one attached hydrogen (secondary N) is 2. The highest BCUT2D eigenvalue weighted by atomic mass is 32.1. The molecule has 2 unspecified atom stereocenters. The summed E-state index contributed by atoms with van der Waals surface area (Å²) in [6.07, 6.45) is 4.50. The molecule has 0 saturated heterocycles. The van der Waals surface area contributed by atoms with Crippen molar-refractivity contribution in [1.82, 2.24) is 19.9 Å². The van der Waals surface area contributed by atoms with Crippen LogP contribution in [0.15, 0.2) is 29.9 Å². The van der Waals surface area contributed by atoms with E-state index in [1.54, 1.807) is 23.0 Å². The van der Waals surface area contributed by atoms with Gasteiger partial charge < -0.3 is 10.6 Å². The van der Waals surface area contributed by atoms with Crippen LogP contribution >= 0.6 is 11.3 Å². The van der Waals surface area contributed by atoms with Crippen LogP contribution in [0.25, 0.3) is 16.8 Å². The molecule has 0 aliphatic heterocycles. The molecular weight excluding hydrogens is 384 g/mol. The van der Waals surface area contributed by atoms with Crippen LogP contribution in [0.1, 0.15) is 36.0 Å². The second kappa shape index (κ2) is 7.12. The summed E-state index contributed by atoms with van der Waals surface area (Å²) >= 11 is 1.14. The van der Waals surface area contributed by atoms with Crippen molar-refractivity contribution in [3.8, 4) is 11.3 Å². The summed E-state index contributed by atoms with van der Waals surface area (Å²) in [5.74, 6) is -3.71. The van der Waals surface area contributed by atoms with Gasteiger partial charge in [-0.1, -0.05) is 6.92 Å². The normalized spacial score (nSPS) is 21.6. The number of carbonyl (C=O) groups excluding carboxylic acids is 1. The number of fused-ring (bicyclic) bond motifs is 1. The summed E-state index contributed by atoms with van der Waals surface area (Å²) < 4.78 is 30.2. The zero-order valence-electron chi connectivity index (χ0n) is 15.6. The van der Waals surface area contributed by atoms with Crippen molar-refractivity contribution in [3.05, 3.63) is 34.9 Å². The Morgan fingerprint density at radius 3 is 2.96 bits per heavy atom. The number of rotatable bonds is 4. The Labute approximate surface area is 165 Å². The summed E-state index contributed by atoms with van der Waals surface area (Å²) in [6.45, 7) is 1.75. The van der Waals surface area contributed by atoms with Crippen molar-refractivity contribution in [2.45, 2.75) is 38.2 Å². The smallest absolute Gasteiger partial charge is 0.280 e. The topological polar surface area (TPSA) is 71.3 Å². The molecule has 1 saturated carbocycles. The minimum Gasteiger partial charge on any atom is -0.387 e. The van der Waals surface area contributed by atoms with Gasteiger partial charge in [-0.15, -0.1) is 11.3 Å². The number of carbonyl (C=O) groups is 1. The van der Waals surface area contributed by atoms with Crippen LogP contribution in [0.5, 0.6) is 0 Å². The fourth-order valence-corrected chi connectivity index (χ4v) is 4.40. The van der Waals surface area contributed by atoms with Gasteiger partial charge in [0.15, 0.2) is 5.01 Å². The van der Waals surface area contributed by atoms with Crippen molar-refractivity contribution in [1.29, 1.82) is 0 Å². The molecule has 0 radical (unpaired) electrons. The standard InChI is InChI=1S/C19H21F2N5OS/c1-11-4-3-7-19(20,21)16(11)25-17(27)18-24-14(10-28-18)13-8-23-26-9-12(22-2)5-6-15(13)26/h5-6,8-11,16,22H,3-4,7H2,1-2H3,(H,25,27). The molecule has 1 amide bonds. The van der Waals surface area contributed by atoms with Gasteiger partial charge in [0.25, 0.3) is 11.8 Å². The van der Waals surface area contributed by atoms with Crippen LogP contribution < -0.4 is 10.6 Å². The number of hydrogen-bond acceptors (Lipinski definition) is 5. The summed E-state index contributed by atoms with van der Waals surface area (Å²) in [5.41, 5.74) is 3.16. The Kier molecular flexibility index (Phi) is 4.78. The van der Waals surface area contributed by atoms with Crippen molar-refractivity contribution >= 4 is 28.4 Å². The first-order chi connectivity index (χ1) is 13.4. The fourth-order valence-electron chi connectivity index (χ4n) is 3.68. The first-order valence-corrected chi connectivity index (χ1v) is 10.1. The highest BCUT2D eigenvalue weighted by Gasteiger charge is 2.46. The molecule has 9 heteroatoms. The van der Waals surface area contributed by atoms with Crippen LogP contribution in [0.2, 0.25) is 0 Å². The number of anilines is 1. The molecule has 3 aromatic rings. The van der Waals surface area contributed by atoms with Gasteiger partial charge in [-0.25, -0.2) is 18.3 Å². The Bertz CT molecular complexity index is 1010. The van der Waals surface area contributed by atoms with E-state index in [-0.39, 0.29) is 17.3 Å². The maximum atomic E-state index is 14.2. The van der Waals surface area contributed by atoms with Gasteiger partial charge >= 0.3 is 0 Å². The quantitative estimate of drug-likeness (QED) is 0.687. The first-order valence-electron chi connectivity index (χ1n) is 9.19. The van der Waals surface area contributed by atoms with Crippen molar-refractivity contribution < 1.29 is 13.6 Å². The predicted molar refractivity (Wildman–Crippen MR) is 105 cm³/mol. The van der Waals surface area contributed by atoms with E-state index < -0.39 is 17.9 Å². The molecule has 4 rings (SSSR count). The van der Waals surface area contributed by atoms with E-state index in [2.05, 4.69) is 20.7 Å². The zero-order valence-corrected chi connectivity index (χ0v) is 16.4. The summed E-state index contributed by atoms with van der Waals surface area (Å²) in [6, 6.07) is 2.68. The van der Waals surface area contributed by atoms with E-state index in [1.165, 1.54) is 0 Å². The number of amides is 1. The highest BCUT2D eigenvalue weighted by molar-refractivity contribution is 7.12. The molecule has 0 aromatic carbocycles. The monoisotopic (exact) mass is 405 g/mol. The second-order valence-corrected chi connectivity index (χ2v) is 8.03. The van der Waals surface area contributed by atoms with Crippen molar-refractivity contribution in [3.63, 3.8) is 0 Å². The molecule has 1 aliphatic carbocycles. The largest absolute Gasteiger partial charge is 0.387 e. The molecule has 148 valence electrons. The van der Waals surface area contributed by atoms with Crippen LogP contribution in [0.3, 0.4) is 0 Å². The Morgan fingerprint density at radius 2 is 2.21 bits per heavy atom. The van der Waals surface area contributed by atoms with Crippen molar-refractivity contribution in [2.75, 3.05) is 12.4 Å². The molecule has 28 heavy (non-hydrogen) atoms. The molecule has 3 heterocycles. The van der Waals surface area contributed by atoms with Gasteiger partial charge in [0.05, 0.1) is 35.3 Å². The number of alkyl halides is 2. The molecule has 2 N–H and O–H groups in total. The van der Waals surface area contributed by atoms with Crippen molar-refractivity contribution in [2.24, 2.45) is 5.92 Å². The van der Waals surface area contributed by atoms with E-state index in [0.29, 0.717) is 18.5 Å². The lowest BCUT2D eigenvalue weighted by atomic mass is 9.83. The lowest BCUT2D eigenvalue weighted by Crippen LogP contribution is -2.53. The SMILES string of the molecule is CNc1ccc2c(-c3csc(C(=O)NC4C(C)CCCC4(F)F)n3)cnn2c1. The summed E-state index contributed by atoms with van der Waals surface area (Å²) in [5, 5.41) is 11.8. The van der Waals surface area contributed by atoms with E-state index >= 15 is 0 Å². The molecule has 1 fully saturated rings. The van der Waals surface area contributed by atoms with Gasteiger partial charge in [-0.2, -0.15) is 5.10 Å². The van der Waals surface area contributed by atoms with Crippen LogP contribution in [-0.2, 0) is 0 Å². The predicted octanol–water partition coefficient (Wildman–Crippen LogP) is 4.05. The van der Waals surface area contributed by atoms with Gasteiger partial charge in [0.1, 0.15) is 0 Å². The molecule has 1 aliphatic rings. The Balaban J connectivity index is 1.57. The minimum atomic E-state index is -2.89. The Morgan fingerprint density at radius 1 is 1.39 bits per heavy atom. The fraction of sp³-hybridized carbons (Fsp3) is 0.421. The van der Waals surface area contributed by atoms with Crippen LogP contribution in [0.4, 0.5) is 14.5 Å². The van der Waals surface area contributed by atoms with E-state index in [1.807, 2.05) is 25.4 Å². The molecule has 6 nitrogen and oxygen atoms in total. The third-order valence-electron chi connectivity index (χ3n) is 5.26. The molecule has 2 atom stereocenters. The maximum Gasteiger partial charge on any atom is 0.280 e. The van der Waals surface area contributed by atoms with Gasteiger partial charge in [0, 0.05) is 24.4 Å². The lowest BCUT2D eigenvalue weighted by Gasteiger charge is -2.36. The number of pyridine rings is 1. The second-order valence-electron chi connectivity index (χ2n) is 7.18. The number of hydrogen-bond donors (Lipinski definition) is 2. The summed E-state index contributed by atoms with van der Waals surface area (Å²) in [4.78, 5) is 16.9. The number of thiazole rings is 1. The third kappa shape index (κ3) is 3.34. The molecular formula is C19H21F2N5OS. The number of nitrogens with zero attached hydrogens (tertiary/aromatic N) is 3. The van der Waals surface area contributed by atoms with Crippen LogP contribution in [-0.4, -0.2) is 39.5 Å². The number of halogens is 2. The lowest BCUT2D eigenvalue weighted by molar-refractivity contribution is -0.0784. The van der Waals surface area contributed by atoms with E-state index in [0.717, 1.165) is 28.1 Å². The van der Waals surface area contributed by atoms with Crippen LogP contribution in [0, 0.1) is 5.92 Å². The third-order valence-corrected chi connectivity index (χ3v) is 6.10. The molecule has 3 aromatic heterocycles. The minimum absolute atomic E-state index is 0.176. The van der Waals surface area contributed by atoms with Gasteiger partial charge in [-0.3, -0.25) is 4.79 Å². The van der Waals surface area contributed by atoms with E-state index in [9.17, 15) is 13.6 Å². The first kappa shape index (κ1) is 18.8. The molecule has 0 spiro atoms. The number of aromatic nitrogens is 3. The van der Waals surface area contributed by atoms with Gasteiger partial charge in [-0.05, 0) is 30.9 Å². The highest BCUT2D eigenvalue weighted by Crippen LogP contribution is 2.37. The average Bonchev–Trinajstić information content (AvgIpc) is 3.30. The average molecular weight is 405 g/mol. The zero-order chi connectivity index (χ0) is 19.9. The maximum absolute atomic E-state index is 14.2.